The minimum absolute atomic E-state index is 0.189. The van der Waals surface area contributed by atoms with Crippen LogP contribution in [0.2, 0.25) is 0 Å². The monoisotopic (exact) mass is 235 g/mol. The van der Waals surface area contributed by atoms with Crippen molar-refractivity contribution in [3.8, 4) is 0 Å². The maximum absolute atomic E-state index is 10.9. The Morgan fingerprint density at radius 2 is 2.13 bits per heavy atom. The van der Waals surface area contributed by atoms with Gasteiger partial charge < -0.3 is 5.32 Å². The van der Waals surface area contributed by atoms with Gasteiger partial charge in [0, 0.05) is 6.04 Å². The molecule has 15 heavy (non-hydrogen) atoms. The highest BCUT2D eigenvalue weighted by atomic mass is 32.2. The van der Waals surface area contributed by atoms with Gasteiger partial charge in [-0.15, -0.1) is 0 Å². The summed E-state index contributed by atoms with van der Waals surface area (Å²) in [5, 5.41) is 1.70. The Morgan fingerprint density at radius 3 is 2.47 bits per heavy atom. The first kappa shape index (κ1) is 14.1. The molecule has 0 spiro atoms. The highest BCUT2D eigenvalue weighted by Crippen LogP contribution is 2.11. The molecule has 88 valence electrons. The molecule has 0 aliphatic rings. The van der Waals surface area contributed by atoms with Gasteiger partial charge in [0.2, 0.25) is 5.91 Å². The van der Waals surface area contributed by atoms with Crippen LogP contribution in [0.5, 0.6) is 0 Å². The van der Waals surface area contributed by atoms with Gasteiger partial charge in [-0.1, -0.05) is 13.5 Å². The Labute approximate surface area is 90.3 Å². The average Bonchev–Trinajstić information content (AvgIpc) is 2.12. The standard InChI is InChI=1S/C9H17NO4S/c1-4-8(15(12,13)14)6-7(3)10-9(11)5-2/h5,7-8H,2,4,6H2,1,3H3,(H,10,11)(H,12,13,14). The maximum Gasteiger partial charge on any atom is 0.267 e. The molecular formula is C9H17NO4S. The van der Waals surface area contributed by atoms with Crippen LogP contribution in [0.15, 0.2) is 12.7 Å². The minimum Gasteiger partial charge on any atom is -0.350 e. The van der Waals surface area contributed by atoms with Crippen molar-refractivity contribution in [2.24, 2.45) is 0 Å². The number of nitrogens with one attached hydrogen (secondary N) is 1. The summed E-state index contributed by atoms with van der Waals surface area (Å²) >= 11 is 0. The fourth-order valence-corrected chi connectivity index (χ4v) is 2.21. The van der Waals surface area contributed by atoms with E-state index in [1.165, 1.54) is 0 Å². The van der Waals surface area contributed by atoms with E-state index in [1.54, 1.807) is 13.8 Å². The molecule has 0 saturated heterocycles. The van der Waals surface area contributed by atoms with Crippen LogP contribution in [0.3, 0.4) is 0 Å². The molecule has 0 aromatic rings. The summed E-state index contributed by atoms with van der Waals surface area (Å²) in [6, 6.07) is -0.317. The minimum atomic E-state index is -4.03. The van der Waals surface area contributed by atoms with Crippen LogP contribution in [-0.4, -0.2) is 30.2 Å². The fraction of sp³-hybridized carbons (Fsp3) is 0.667. The molecule has 0 aromatic heterocycles. The molecule has 2 atom stereocenters. The van der Waals surface area contributed by atoms with Crippen molar-refractivity contribution in [1.82, 2.24) is 5.32 Å². The summed E-state index contributed by atoms with van der Waals surface area (Å²) in [7, 11) is -4.03. The normalized spacial score (nSPS) is 15.4. The highest BCUT2D eigenvalue weighted by molar-refractivity contribution is 7.86. The SMILES string of the molecule is C=CC(=O)NC(C)CC(CC)S(=O)(=O)O. The molecule has 5 nitrogen and oxygen atoms in total. The summed E-state index contributed by atoms with van der Waals surface area (Å²) in [5.74, 6) is -0.354. The van der Waals surface area contributed by atoms with Crippen molar-refractivity contribution in [2.45, 2.75) is 38.0 Å². The Bertz CT molecular complexity index is 323. The third kappa shape index (κ3) is 5.54. The molecular weight excluding hydrogens is 218 g/mol. The van der Waals surface area contributed by atoms with Crippen molar-refractivity contribution >= 4 is 16.0 Å². The van der Waals surface area contributed by atoms with Crippen LogP contribution < -0.4 is 5.32 Å². The van der Waals surface area contributed by atoms with E-state index in [2.05, 4.69) is 11.9 Å². The lowest BCUT2D eigenvalue weighted by Gasteiger charge is -2.17. The second kappa shape index (κ2) is 5.87. The first-order valence-corrected chi connectivity index (χ1v) is 6.20. The van der Waals surface area contributed by atoms with Crippen LogP contribution in [-0.2, 0) is 14.9 Å². The molecule has 0 rings (SSSR count). The summed E-state index contributed by atoms with van der Waals surface area (Å²) in [6.07, 6.45) is 1.62. The summed E-state index contributed by atoms with van der Waals surface area (Å²) in [6.45, 7) is 6.63. The van der Waals surface area contributed by atoms with Crippen molar-refractivity contribution in [3.63, 3.8) is 0 Å². The topological polar surface area (TPSA) is 83.5 Å². The van der Waals surface area contributed by atoms with E-state index in [0.29, 0.717) is 6.42 Å². The number of rotatable bonds is 6. The second-order valence-electron chi connectivity index (χ2n) is 3.39. The summed E-state index contributed by atoms with van der Waals surface area (Å²) < 4.78 is 30.6. The van der Waals surface area contributed by atoms with E-state index < -0.39 is 15.4 Å². The van der Waals surface area contributed by atoms with Crippen molar-refractivity contribution in [3.05, 3.63) is 12.7 Å². The van der Waals surface area contributed by atoms with Gasteiger partial charge in [-0.3, -0.25) is 9.35 Å². The zero-order chi connectivity index (χ0) is 12.1. The predicted octanol–water partition coefficient (Wildman–Crippen LogP) is 0.734. The number of hydrogen-bond donors (Lipinski definition) is 2. The van der Waals surface area contributed by atoms with Crippen LogP contribution in [0, 0.1) is 0 Å². The quantitative estimate of drug-likeness (QED) is 0.525. The van der Waals surface area contributed by atoms with E-state index in [0.717, 1.165) is 6.08 Å². The van der Waals surface area contributed by atoms with Crippen LogP contribution in [0.1, 0.15) is 26.7 Å². The number of carbonyl (C=O) groups excluding carboxylic acids is 1. The highest BCUT2D eigenvalue weighted by Gasteiger charge is 2.23. The second-order valence-corrected chi connectivity index (χ2v) is 5.09. The molecule has 2 unspecified atom stereocenters. The van der Waals surface area contributed by atoms with E-state index in [-0.39, 0.29) is 18.4 Å². The predicted molar refractivity (Wildman–Crippen MR) is 58.0 cm³/mol. The lowest BCUT2D eigenvalue weighted by Crippen LogP contribution is -2.36. The maximum atomic E-state index is 10.9. The molecule has 0 fully saturated rings. The van der Waals surface area contributed by atoms with Gasteiger partial charge in [-0.2, -0.15) is 8.42 Å². The zero-order valence-corrected chi connectivity index (χ0v) is 9.75. The Kier molecular flexibility index (Phi) is 5.53. The lowest BCUT2D eigenvalue weighted by molar-refractivity contribution is -0.117. The first-order chi connectivity index (χ1) is 6.81. The van der Waals surface area contributed by atoms with E-state index >= 15 is 0 Å². The first-order valence-electron chi connectivity index (χ1n) is 4.70. The van der Waals surface area contributed by atoms with Gasteiger partial charge in [-0.05, 0) is 25.8 Å². The molecule has 2 N–H and O–H groups in total. The largest absolute Gasteiger partial charge is 0.350 e. The third-order valence-electron chi connectivity index (χ3n) is 2.07. The lowest BCUT2D eigenvalue weighted by atomic mass is 10.1. The van der Waals surface area contributed by atoms with Gasteiger partial charge in [0.1, 0.15) is 0 Å². The number of amides is 1. The molecule has 0 bridgehead atoms. The van der Waals surface area contributed by atoms with Gasteiger partial charge in [-0.25, -0.2) is 0 Å². The zero-order valence-electron chi connectivity index (χ0n) is 8.93. The van der Waals surface area contributed by atoms with Crippen molar-refractivity contribution in [1.29, 1.82) is 0 Å². The van der Waals surface area contributed by atoms with Crippen LogP contribution in [0.4, 0.5) is 0 Å². The molecule has 0 aliphatic heterocycles. The summed E-state index contributed by atoms with van der Waals surface area (Å²) in [5.41, 5.74) is 0. The molecule has 6 heteroatoms. The number of carbonyl (C=O) groups is 1. The van der Waals surface area contributed by atoms with Gasteiger partial charge in [0.05, 0.1) is 5.25 Å². The molecule has 0 aromatic carbocycles. The third-order valence-corrected chi connectivity index (χ3v) is 3.44. The van der Waals surface area contributed by atoms with E-state index in [9.17, 15) is 13.2 Å². The average molecular weight is 235 g/mol. The van der Waals surface area contributed by atoms with Crippen LogP contribution >= 0.6 is 0 Å². The van der Waals surface area contributed by atoms with E-state index in [4.69, 9.17) is 4.55 Å². The Hall–Kier alpha value is -0.880. The molecule has 0 heterocycles. The Balaban J connectivity index is 4.32. The molecule has 0 aliphatic carbocycles. The summed E-state index contributed by atoms with van der Waals surface area (Å²) in [4.78, 5) is 10.9. The molecule has 1 amide bonds. The number of hydrogen-bond acceptors (Lipinski definition) is 3. The molecule has 0 radical (unpaired) electrons. The van der Waals surface area contributed by atoms with Gasteiger partial charge in [0.25, 0.3) is 10.1 Å². The van der Waals surface area contributed by atoms with Crippen molar-refractivity contribution in [2.75, 3.05) is 0 Å². The van der Waals surface area contributed by atoms with Crippen molar-refractivity contribution < 1.29 is 17.8 Å². The van der Waals surface area contributed by atoms with Gasteiger partial charge in [0.15, 0.2) is 0 Å². The van der Waals surface area contributed by atoms with Gasteiger partial charge >= 0.3 is 0 Å². The Morgan fingerprint density at radius 1 is 1.60 bits per heavy atom. The van der Waals surface area contributed by atoms with Crippen LogP contribution in [0.25, 0.3) is 0 Å². The smallest absolute Gasteiger partial charge is 0.267 e. The fourth-order valence-electron chi connectivity index (χ4n) is 1.25. The molecule has 0 saturated carbocycles. The van der Waals surface area contributed by atoms with E-state index in [1.807, 2.05) is 0 Å².